The van der Waals surface area contributed by atoms with Crippen molar-refractivity contribution in [3.63, 3.8) is 0 Å². The summed E-state index contributed by atoms with van der Waals surface area (Å²) in [5.41, 5.74) is 3.74. The number of amides is 1. The van der Waals surface area contributed by atoms with Crippen molar-refractivity contribution < 1.29 is 4.79 Å². The van der Waals surface area contributed by atoms with Gasteiger partial charge in [-0.2, -0.15) is 11.3 Å². The number of hydrogen-bond donors (Lipinski definition) is 0. The summed E-state index contributed by atoms with van der Waals surface area (Å²) in [7, 11) is 0. The Hall–Kier alpha value is -1.61. The van der Waals surface area contributed by atoms with Crippen LogP contribution >= 0.6 is 11.3 Å². The molecule has 1 aromatic heterocycles. The molecule has 0 bridgehead atoms. The maximum atomic E-state index is 12.3. The number of carbonyl (C=O) groups excluding carboxylic acids is 1. The van der Waals surface area contributed by atoms with E-state index in [9.17, 15) is 4.79 Å². The van der Waals surface area contributed by atoms with Gasteiger partial charge >= 0.3 is 0 Å². The van der Waals surface area contributed by atoms with Gasteiger partial charge in [0.25, 0.3) is 0 Å². The van der Waals surface area contributed by atoms with Crippen molar-refractivity contribution in [2.45, 2.75) is 33.2 Å². The number of benzene rings is 1. The molecule has 1 heterocycles. The van der Waals surface area contributed by atoms with Gasteiger partial charge in [-0.3, -0.25) is 4.79 Å². The van der Waals surface area contributed by atoms with Gasteiger partial charge in [-0.1, -0.05) is 24.3 Å². The van der Waals surface area contributed by atoms with Crippen molar-refractivity contribution in [1.82, 2.24) is 4.90 Å². The molecule has 2 aromatic rings. The molecule has 106 valence electrons. The molecule has 3 heteroatoms. The predicted octanol–water partition coefficient (Wildman–Crippen LogP) is 4.04. The number of hydrogen-bond acceptors (Lipinski definition) is 2. The van der Waals surface area contributed by atoms with E-state index in [-0.39, 0.29) is 5.91 Å². The zero-order chi connectivity index (χ0) is 14.4. The molecule has 0 saturated heterocycles. The molecule has 1 amide bonds. The van der Waals surface area contributed by atoms with Crippen LogP contribution in [0.25, 0.3) is 0 Å². The standard InChI is InChI=1S/C17H21NOS/c1-3-18(12-16-7-5-4-6-14(16)2)17(19)9-8-15-10-11-20-13-15/h4-7,10-11,13H,3,8-9,12H2,1-2H3. The molecule has 0 atom stereocenters. The van der Waals surface area contributed by atoms with E-state index in [4.69, 9.17) is 0 Å². The van der Waals surface area contributed by atoms with Crippen LogP contribution in [0, 0.1) is 6.92 Å². The van der Waals surface area contributed by atoms with Gasteiger partial charge in [0, 0.05) is 19.5 Å². The van der Waals surface area contributed by atoms with E-state index in [2.05, 4.69) is 35.9 Å². The molecule has 0 saturated carbocycles. The first-order valence-electron chi connectivity index (χ1n) is 7.04. The minimum Gasteiger partial charge on any atom is -0.339 e. The van der Waals surface area contributed by atoms with Crippen LogP contribution in [0.15, 0.2) is 41.1 Å². The number of nitrogens with zero attached hydrogens (tertiary/aromatic N) is 1. The molecule has 0 aliphatic rings. The fraction of sp³-hybridized carbons (Fsp3) is 0.353. The second-order valence-corrected chi connectivity index (χ2v) is 5.75. The van der Waals surface area contributed by atoms with Gasteiger partial charge in [-0.25, -0.2) is 0 Å². The fourth-order valence-electron chi connectivity index (χ4n) is 2.21. The van der Waals surface area contributed by atoms with E-state index < -0.39 is 0 Å². The van der Waals surface area contributed by atoms with E-state index in [0.29, 0.717) is 13.0 Å². The Morgan fingerprint density at radius 1 is 1.25 bits per heavy atom. The van der Waals surface area contributed by atoms with Crippen LogP contribution in [0.3, 0.4) is 0 Å². The summed E-state index contributed by atoms with van der Waals surface area (Å²) < 4.78 is 0. The molecule has 0 spiro atoms. The first-order chi connectivity index (χ1) is 9.70. The van der Waals surface area contributed by atoms with E-state index in [1.54, 1.807) is 11.3 Å². The molecule has 0 aliphatic heterocycles. The van der Waals surface area contributed by atoms with Crippen LogP contribution in [-0.2, 0) is 17.8 Å². The summed E-state index contributed by atoms with van der Waals surface area (Å²) in [6, 6.07) is 10.4. The van der Waals surface area contributed by atoms with Gasteiger partial charge in [0.15, 0.2) is 0 Å². The Labute approximate surface area is 125 Å². The first kappa shape index (κ1) is 14.8. The summed E-state index contributed by atoms with van der Waals surface area (Å²) >= 11 is 1.69. The lowest BCUT2D eigenvalue weighted by atomic mass is 10.1. The Kier molecular flexibility index (Phi) is 5.36. The van der Waals surface area contributed by atoms with Crippen LogP contribution < -0.4 is 0 Å². The molecule has 20 heavy (non-hydrogen) atoms. The van der Waals surface area contributed by atoms with E-state index in [0.717, 1.165) is 13.0 Å². The number of rotatable bonds is 6. The molecule has 0 unspecified atom stereocenters. The van der Waals surface area contributed by atoms with Gasteiger partial charge in [0.1, 0.15) is 0 Å². The van der Waals surface area contributed by atoms with Crippen molar-refractivity contribution in [3.05, 3.63) is 57.8 Å². The molecule has 0 fully saturated rings. The quantitative estimate of drug-likeness (QED) is 0.785. The smallest absolute Gasteiger partial charge is 0.223 e. The van der Waals surface area contributed by atoms with E-state index in [1.165, 1.54) is 16.7 Å². The van der Waals surface area contributed by atoms with E-state index in [1.807, 2.05) is 24.0 Å². The van der Waals surface area contributed by atoms with Gasteiger partial charge in [-0.15, -0.1) is 0 Å². The van der Waals surface area contributed by atoms with Crippen LogP contribution in [-0.4, -0.2) is 17.4 Å². The van der Waals surface area contributed by atoms with Gasteiger partial charge in [0.2, 0.25) is 5.91 Å². The topological polar surface area (TPSA) is 20.3 Å². The number of thiophene rings is 1. The monoisotopic (exact) mass is 287 g/mol. The third-order valence-corrected chi connectivity index (χ3v) is 4.30. The summed E-state index contributed by atoms with van der Waals surface area (Å²) in [6.07, 6.45) is 1.43. The van der Waals surface area contributed by atoms with Crippen molar-refractivity contribution in [2.24, 2.45) is 0 Å². The van der Waals surface area contributed by atoms with Crippen molar-refractivity contribution >= 4 is 17.2 Å². The highest BCUT2D eigenvalue weighted by Crippen LogP contribution is 2.13. The molecule has 2 rings (SSSR count). The lowest BCUT2D eigenvalue weighted by Crippen LogP contribution is -2.30. The molecule has 0 N–H and O–H groups in total. The Bertz CT molecular complexity index is 548. The highest BCUT2D eigenvalue weighted by atomic mass is 32.1. The highest BCUT2D eigenvalue weighted by molar-refractivity contribution is 7.07. The lowest BCUT2D eigenvalue weighted by Gasteiger charge is -2.22. The summed E-state index contributed by atoms with van der Waals surface area (Å²) in [5, 5.41) is 4.18. The maximum absolute atomic E-state index is 12.3. The number of aryl methyl sites for hydroxylation is 2. The maximum Gasteiger partial charge on any atom is 0.223 e. The van der Waals surface area contributed by atoms with E-state index >= 15 is 0 Å². The molecule has 2 nitrogen and oxygen atoms in total. The van der Waals surface area contributed by atoms with Crippen LogP contribution in [0.1, 0.15) is 30.0 Å². The fourth-order valence-corrected chi connectivity index (χ4v) is 2.92. The van der Waals surface area contributed by atoms with Crippen LogP contribution in [0.5, 0.6) is 0 Å². The average Bonchev–Trinajstić information content (AvgIpc) is 2.97. The third-order valence-electron chi connectivity index (χ3n) is 3.56. The van der Waals surface area contributed by atoms with Crippen LogP contribution in [0.2, 0.25) is 0 Å². The first-order valence-corrected chi connectivity index (χ1v) is 7.98. The van der Waals surface area contributed by atoms with Gasteiger partial charge in [0.05, 0.1) is 0 Å². The van der Waals surface area contributed by atoms with Gasteiger partial charge < -0.3 is 4.90 Å². The van der Waals surface area contributed by atoms with Crippen molar-refractivity contribution in [1.29, 1.82) is 0 Å². The van der Waals surface area contributed by atoms with Crippen molar-refractivity contribution in [3.8, 4) is 0 Å². The molecule has 1 aromatic carbocycles. The summed E-state index contributed by atoms with van der Waals surface area (Å²) in [4.78, 5) is 14.3. The number of carbonyl (C=O) groups is 1. The minimum absolute atomic E-state index is 0.238. The summed E-state index contributed by atoms with van der Waals surface area (Å²) in [6.45, 7) is 5.61. The normalized spacial score (nSPS) is 10.5. The minimum atomic E-state index is 0.238. The van der Waals surface area contributed by atoms with Crippen LogP contribution in [0.4, 0.5) is 0 Å². The zero-order valence-corrected chi connectivity index (χ0v) is 13.0. The third kappa shape index (κ3) is 3.94. The summed E-state index contributed by atoms with van der Waals surface area (Å²) in [5.74, 6) is 0.238. The Morgan fingerprint density at radius 2 is 2.05 bits per heavy atom. The highest BCUT2D eigenvalue weighted by Gasteiger charge is 2.13. The van der Waals surface area contributed by atoms with Crippen molar-refractivity contribution in [2.75, 3.05) is 6.54 Å². The second kappa shape index (κ2) is 7.25. The molecular formula is C17H21NOS. The second-order valence-electron chi connectivity index (χ2n) is 4.97. The molecular weight excluding hydrogens is 266 g/mol. The molecule has 0 radical (unpaired) electrons. The largest absolute Gasteiger partial charge is 0.339 e. The molecule has 0 aliphatic carbocycles. The lowest BCUT2D eigenvalue weighted by molar-refractivity contribution is -0.131. The van der Waals surface area contributed by atoms with Gasteiger partial charge in [-0.05, 0) is 53.8 Å². The Morgan fingerprint density at radius 3 is 2.70 bits per heavy atom. The SMILES string of the molecule is CCN(Cc1ccccc1C)C(=O)CCc1ccsc1. The Balaban J connectivity index is 1.94. The predicted molar refractivity (Wildman–Crippen MR) is 84.9 cm³/mol. The average molecular weight is 287 g/mol. The zero-order valence-electron chi connectivity index (χ0n) is 12.1.